The molecule has 0 unspecified atom stereocenters. The molecule has 0 amide bonds. The first-order valence-corrected chi connectivity index (χ1v) is 17.3. The second-order valence-corrected chi connectivity index (χ2v) is 13.0. The number of hydrogen-bond acceptors (Lipinski definition) is 2. The molecular weight excluding hydrogens is 621 g/mol. The molecule has 0 atom stereocenters. The summed E-state index contributed by atoms with van der Waals surface area (Å²) in [6.07, 6.45) is 0. The van der Waals surface area contributed by atoms with Gasteiger partial charge in [-0.3, -0.25) is 0 Å². The predicted octanol–water partition coefficient (Wildman–Crippen LogP) is 13.4. The number of rotatable bonds is 6. The van der Waals surface area contributed by atoms with E-state index in [1.807, 2.05) is 0 Å². The van der Waals surface area contributed by atoms with Gasteiger partial charge in [0.15, 0.2) is 11.5 Å². The van der Waals surface area contributed by atoms with Crippen molar-refractivity contribution in [1.82, 2.24) is 4.57 Å². The van der Waals surface area contributed by atoms with Gasteiger partial charge in [0.05, 0.1) is 16.7 Å². The van der Waals surface area contributed by atoms with Gasteiger partial charge < -0.3 is 14.2 Å². The Morgan fingerprint density at radius 2 is 0.863 bits per heavy atom. The molecule has 0 N–H and O–H groups in total. The standard InChI is InChI=1S/C48H32N2O/c1-3-13-39(14-4-1)49(40-15-5-2-6-16-40)41-28-25-34(26-29-41)33-21-23-35(24-22-33)36-11-9-12-37(31-36)38-27-30-46-45(32-38)50-44-19-8-7-17-42(44)43-18-10-20-47(51-46)48(43)50/h1-32H. The molecule has 51 heavy (non-hydrogen) atoms. The molecule has 0 aliphatic carbocycles. The van der Waals surface area contributed by atoms with E-state index in [-0.39, 0.29) is 0 Å². The Morgan fingerprint density at radius 3 is 1.57 bits per heavy atom. The van der Waals surface area contributed by atoms with Crippen LogP contribution < -0.4 is 9.64 Å². The third kappa shape index (κ3) is 4.98. The first-order chi connectivity index (χ1) is 25.3. The summed E-state index contributed by atoms with van der Waals surface area (Å²) in [5, 5.41) is 2.45. The molecule has 0 bridgehead atoms. The molecule has 240 valence electrons. The highest BCUT2D eigenvalue weighted by molar-refractivity contribution is 6.12. The maximum absolute atomic E-state index is 6.45. The van der Waals surface area contributed by atoms with Gasteiger partial charge in [-0.1, -0.05) is 127 Å². The van der Waals surface area contributed by atoms with Crippen molar-refractivity contribution in [3.63, 3.8) is 0 Å². The van der Waals surface area contributed by atoms with Gasteiger partial charge in [0.2, 0.25) is 0 Å². The van der Waals surface area contributed by atoms with Crippen LogP contribution in [0.4, 0.5) is 17.1 Å². The second-order valence-electron chi connectivity index (χ2n) is 13.0. The van der Waals surface area contributed by atoms with E-state index in [1.165, 1.54) is 44.1 Å². The summed E-state index contributed by atoms with van der Waals surface area (Å²) in [5.41, 5.74) is 13.8. The highest BCUT2D eigenvalue weighted by Crippen LogP contribution is 2.46. The number of nitrogens with zero attached hydrogens (tertiary/aromatic N) is 2. The monoisotopic (exact) mass is 652 g/mol. The van der Waals surface area contributed by atoms with Gasteiger partial charge in [-0.15, -0.1) is 0 Å². The van der Waals surface area contributed by atoms with Crippen molar-refractivity contribution >= 4 is 38.9 Å². The van der Waals surface area contributed by atoms with Crippen molar-refractivity contribution in [2.75, 3.05) is 4.90 Å². The van der Waals surface area contributed by atoms with E-state index in [4.69, 9.17) is 4.74 Å². The zero-order valence-electron chi connectivity index (χ0n) is 27.8. The number of benzene rings is 8. The van der Waals surface area contributed by atoms with Crippen molar-refractivity contribution in [3.8, 4) is 50.6 Å². The van der Waals surface area contributed by atoms with Gasteiger partial charge >= 0.3 is 0 Å². The molecule has 3 nitrogen and oxygen atoms in total. The van der Waals surface area contributed by atoms with E-state index in [2.05, 4.69) is 204 Å². The molecule has 2 heterocycles. The van der Waals surface area contributed by atoms with Crippen LogP contribution in [0.25, 0.3) is 60.9 Å². The van der Waals surface area contributed by atoms with Crippen LogP contribution in [-0.2, 0) is 0 Å². The van der Waals surface area contributed by atoms with Crippen LogP contribution in [0.1, 0.15) is 0 Å². The Bertz CT molecular complexity index is 2650. The molecule has 0 radical (unpaired) electrons. The number of fused-ring (bicyclic) bond motifs is 5. The fourth-order valence-corrected chi connectivity index (χ4v) is 7.53. The number of ether oxygens (including phenoxy) is 1. The molecule has 1 aliphatic rings. The van der Waals surface area contributed by atoms with Crippen LogP contribution in [0.3, 0.4) is 0 Å². The smallest absolute Gasteiger partial charge is 0.152 e. The lowest BCUT2D eigenvalue weighted by molar-refractivity contribution is 0.476. The summed E-state index contributed by atoms with van der Waals surface area (Å²) in [6, 6.07) is 69.0. The van der Waals surface area contributed by atoms with E-state index in [0.29, 0.717) is 0 Å². The molecule has 3 heteroatoms. The first-order valence-electron chi connectivity index (χ1n) is 17.3. The van der Waals surface area contributed by atoms with Gasteiger partial charge in [-0.05, 0) is 100 Å². The van der Waals surface area contributed by atoms with Crippen molar-refractivity contribution in [2.45, 2.75) is 0 Å². The summed E-state index contributed by atoms with van der Waals surface area (Å²) >= 11 is 0. The molecule has 0 spiro atoms. The maximum atomic E-state index is 6.45. The number of para-hydroxylation sites is 4. The van der Waals surface area contributed by atoms with Gasteiger partial charge in [-0.2, -0.15) is 0 Å². The van der Waals surface area contributed by atoms with Crippen LogP contribution in [-0.4, -0.2) is 4.57 Å². The van der Waals surface area contributed by atoms with Crippen LogP contribution in [0.2, 0.25) is 0 Å². The molecule has 0 fully saturated rings. The van der Waals surface area contributed by atoms with Gasteiger partial charge in [0.25, 0.3) is 0 Å². The lowest BCUT2D eigenvalue weighted by Crippen LogP contribution is -2.09. The Morgan fingerprint density at radius 1 is 0.353 bits per heavy atom. The molecule has 0 saturated carbocycles. The SMILES string of the molecule is c1ccc(N(c2ccccc2)c2ccc(-c3ccc(-c4cccc(-c5ccc6c(c5)-n5c7ccccc7c7cccc(c75)O6)c4)cc3)cc2)cc1. The van der Waals surface area contributed by atoms with E-state index < -0.39 is 0 Å². The lowest BCUT2D eigenvalue weighted by atomic mass is 9.96. The highest BCUT2D eigenvalue weighted by atomic mass is 16.5. The average molecular weight is 653 g/mol. The van der Waals surface area contributed by atoms with Crippen LogP contribution in [0, 0.1) is 0 Å². The summed E-state index contributed by atoms with van der Waals surface area (Å²) in [4.78, 5) is 2.29. The molecule has 0 saturated heterocycles. The quantitative estimate of drug-likeness (QED) is 0.178. The molecule has 10 rings (SSSR count). The average Bonchev–Trinajstić information content (AvgIpc) is 3.55. The third-order valence-electron chi connectivity index (χ3n) is 9.98. The van der Waals surface area contributed by atoms with Crippen molar-refractivity contribution in [1.29, 1.82) is 0 Å². The van der Waals surface area contributed by atoms with Gasteiger partial charge in [0, 0.05) is 27.8 Å². The topological polar surface area (TPSA) is 17.4 Å². The lowest BCUT2D eigenvalue weighted by Gasteiger charge is -2.25. The zero-order chi connectivity index (χ0) is 33.7. The molecule has 8 aromatic carbocycles. The predicted molar refractivity (Wildman–Crippen MR) is 212 cm³/mol. The maximum Gasteiger partial charge on any atom is 0.152 e. The number of aromatic nitrogens is 1. The highest BCUT2D eigenvalue weighted by Gasteiger charge is 2.24. The van der Waals surface area contributed by atoms with E-state index in [1.54, 1.807) is 0 Å². The van der Waals surface area contributed by atoms with Gasteiger partial charge in [-0.25, -0.2) is 0 Å². The van der Waals surface area contributed by atoms with Gasteiger partial charge in [0.1, 0.15) is 0 Å². The van der Waals surface area contributed by atoms with Crippen molar-refractivity contribution in [2.24, 2.45) is 0 Å². The van der Waals surface area contributed by atoms with E-state index in [9.17, 15) is 0 Å². The second kappa shape index (κ2) is 11.9. The fraction of sp³-hybridized carbons (Fsp3) is 0. The summed E-state index contributed by atoms with van der Waals surface area (Å²) in [7, 11) is 0. The fourth-order valence-electron chi connectivity index (χ4n) is 7.53. The third-order valence-corrected chi connectivity index (χ3v) is 9.98. The Labute approximate surface area is 296 Å². The summed E-state index contributed by atoms with van der Waals surface area (Å²) in [6.45, 7) is 0. The summed E-state index contributed by atoms with van der Waals surface area (Å²) in [5.74, 6) is 1.76. The van der Waals surface area contributed by atoms with Crippen molar-refractivity contribution < 1.29 is 4.74 Å². The van der Waals surface area contributed by atoms with Crippen LogP contribution in [0.15, 0.2) is 194 Å². The minimum Gasteiger partial charge on any atom is -0.453 e. The Kier molecular flexibility index (Phi) is 6.81. The zero-order valence-corrected chi connectivity index (χ0v) is 27.8. The molecule has 9 aromatic rings. The Hall–Kier alpha value is -6.84. The van der Waals surface area contributed by atoms with Crippen LogP contribution >= 0.6 is 0 Å². The minimum atomic E-state index is 0.868. The van der Waals surface area contributed by atoms with E-state index in [0.717, 1.165) is 45.3 Å². The van der Waals surface area contributed by atoms with Crippen molar-refractivity contribution in [3.05, 3.63) is 194 Å². The normalized spacial score (nSPS) is 11.7. The number of anilines is 3. The largest absolute Gasteiger partial charge is 0.453 e. The first kappa shape index (κ1) is 29.1. The van der Waals surface area contributed by atoms with Crippen LogP contribution in [0.5, 0.6) is 11.5 Å². The summed E-state index contributed by atoms with van der Waals surface area (Å²) < 4.78 is 8.81. The van der Waals surface area contributed by atoms with E-state index >= 15 is 0 Å². The number of hydrogen-bond donors (Lipinski definition) is 0. The molecule has 1 aliphatic heterocycles. The molecule has 1 aromatic heterocycles. The minimum absolute atomic E-state index is 0.868. The molecular formula is C48H32N2O. The Balaban J connectivity index is 0.950.